The molecule has 0 aromatic carbocycles. The molecule has 0 N–H and O–H groups in total. The predicted octanol–water partition coefficient (Wildman–Crippen LogP) is 3.32. The molecule has 0 aliphatic rings. The lowest BCUT2D eigenvalue weighted by Crippen LogP contribution is -1.96. The fourth-order valence-corrected chi connectivity index (χ4v) is 1.90. The molecular formula is C13H16N2. The number of hydrogen-bond acceptors (Lipinski definition) is 2. The van der Waals surface area contributed by atoms with Gasteiger partial charge >= 0.3 is 0 Å². The zero-order valence-corrected chi connectivity index (χ0v) is 9.49. The average molecular weight is 200 g/mol. The molecule has 0 amide bonds. The maximum Gasteiger partial charge on any atom is 0.0494 e. The van der Waals surface area contributed by atoms with Crippen LogP contribution in [0.25, 0.3) is 10.8 Å². The van der Waals surface area contributed by atoms with Crippen LogP contribution >= 0.6 is 0 Å². The van der Waals surface area contributed by atoms with Crippen LogP contribution in [0, 0.1) is 0 Å². The molecule has 0 unspecified atom stereocenters. The third-order valence-electron chi connectivity index (χ3n) is 2.76. The van der Waals surface area contributed by atoms with E-state index in [1.807, 2.05) is 18.6 Å². The molecule has 0 saturated heterocycles. The van der Waals surface area contributed by atoms with Crippen molar-refractivity contribution in [2.24, 2.45) is 0 Å². The van der Waals surface area contributed by atoms with Crippen molar-refractivity contribution in [2.75, 3.05) is 0 Å². The zero-order valence-electron chi connectivity index (χ0n) is 9.49. The summed E-state index contributed by atoms with van der Waals surface area (Å²) in [4.78, 5) is 8.69. The van der Waals surface area contributed by atoms with E-state index in [2.05, 4.69) is 36.8 Å². The molecule has 15 heavy (non-hydrogen) atoms. The van der Waals surface area contributed by atoms with Crippen molar-refractivity contribution in [3.63, 3.8) is 0 Å². The zero-order chi connectivity index (χ0) is 10.8. The van der Waals surface area contributed by atoms with Gasteiger partial charge in [-0.1, -0.05) is 20.8 Å². The van der Waals surface area contributed by atoms with Crippen molar-refractivity contribution in [1.29, 1.82) is 0 Å². The SMILES string of the molecule is CCc1ncc(C(C)C)c2ccncc12. The van der Waals surface area contributed by atoms with Gasteiger partial charge in [0.2, 0.25) is 0 Å². The summed E-state index contributed by atoms with van der Waals surface area (Å²) in [6.45, 7) is 6.52. The molecule has 0 saturated carbocycles. The van der Waals surface area contributed by atoms with E-state index in [9.17, 15) is 0 Å². The Bertz CT molecular complexity index is 475. The maximum atomic E-state index is 4.51. The van der Waals surface area contributed by atoms with Crippen molar-refractivity contribution in [3.8, 4) is 0 Å². The van der Waals surface area contributed by atoms with E-state index in [1.165, 1.54) is 16.3 Å². The third-order valence-corrected chi connectivity index (χ3v) is 2.76. The van der Waals surface area contributed by atoms with E-state index in [4.69, 9.17) is 0 Å². The fourth-order valence-electron chi connectivity index (χ4n) is 1.90. The standard InChI is InChI=1S/C13H16N2/c1-4-13-12-7-14-6-5-10(12)11(8-15-13)9(2)3/h5-9H,4H2,1-3H3. The molecule has 0 spiro atoms. The second kappa shape index (κ2) is 3.97. The van der Waals surface area contributed by atoms with Gasteiger partial charge in [0, 0.05) is 29.7 Å². The Morgan fingerprint density at radius 3 is 2.67 bits per heavy atom. The molecule has 2 heteroatoms. The van der Waals surface area contributed by atoms with Crippen LogP contribution in [0.1, 0.15) is 37.9 Å². The minimum absolute atomic E-state index is 0.508. The second-order valence-electron chi connectivity index (χ2n) is 4.09. The molecule has 2 rings (SSSR count). The van der Waals surface area contributed by atoms with Crippen LogP contribution in [0.5, 0.6) is 0 Å². The highest BCUT2D eigenvalue weighted by atomic mass is 14.7. The molecule has 2 aromatic heterocycles. The number of hydrogen-bond donors (Lipinski definition) is 0. The van der Waals surface area contributed by atoms with E-state index < -0.39 is 0 Å². The second-order valence-corrected chi connectivity index (χ2v) is 4.09. The largest absolute Gasteiger partial charge is 0.264 e. The van der Waals surface area contributed by atoms with Crippen LogP contribution in [-0.2, 0) is 6.42 Å². The van der Waals surface area contributed by atoms with Crippen molar-refractivity contribution in [3.05, 3.63) is 35.9 Å². The van der Waals surface area contributed by atoms with Crippen LogP contribution in [0.2, 0.25) is 0 Å². The molecule has 2 aromatic rings. The van der Waals surface area contributed by atoms with Gasteiger partial charge < -0.3 is 0 Å². The van der Waals surface area contributed by atoms with Crippen LogP contribution < -0.4 is 0 Å². The first kappa shape index (κ1) is 10.1. The number of aromatic nitrogens is 2. The number of nitrogens with zero attached hydrogens (tertiary/aromatic N) is 2. The molecule has 0 atom stereocenters. The highest BCUT2D eigenvalue weighted by Gasteiger charge is 2.08. The Kier molecular flexibility index (Phi) is 2.67. The minimum atomic E-state index is 0.508. The minimum Gasteiger partial charge on any atom is -0.264 e. The van der Waals surface area contributed by atoms with Crippen molar-refractivity contribution < 1.29 is 0 Å². The molecule has 0 aliphatic heterocycles. The van der Waals surface area contributed by atoms with Crippen LogP contribution in [0.4, 0.5) is 0 Å². The van der Waals surface area contributed by atoms with Gasteiger partial charge in [0.15, 0.2) is 0 Å². The lowest BCUT2D eigenvalue weighted by atomic mass is 9.98. The topological polar surface area (TPSA) is 25.8 Å². The van der Waals surface area contributed by atoms with Gasteiger partial charge in [-0.25, -0.2) is 0 Å². The first-order valence-corrected chi connectivity index (χ1v) is 5.45. The summed E-state index contributed by atoms with van der Waals surface area (Å²) in [6.07, 6.45) is 6.74. The number of rotatable bonds is 2. The Labute approximate surface area is 90.4 Å². The van der Waals surface area contributed by atoms with Gasteiger partial charge in [0.1, 0.15) is 0 Å². The summed E-state index contributed by atoms with van der Waals surface area (Å²) < 4.78 is 0. The lowest BCUT2D eigenvalue weighted by Gasteiger charge is -2.11. The molecule has 0 bridgehead atoms. The number of fused-ring (bicyclic) bond motifs is 1. The molecule has 2 heterocycles. The Hall–Kier alpha value is -1.44. The normalized spacial score (nSPS) is 11.2. The van der Waals surface area contributed by atoms with E-state index >= 15 is 0 Å². The highest BCUT2D eigenvalue weighted by molar-refractivity contribution is 5.86. The van der Waals surface area contributed by atoms with Gasteiger partial charge in [-0.15, -0.1) is 0 Å². The number of pyridine rings is 2. The first-order chi connectivity index (χ1) is 7.24. The van der Waals surface area contributed by atoms with Crippen molar-refractivity contribution in [1.82, 2.24) is 9.97 Å². The average Bonchev–Trinajstić information content (AvgIpc) is 2.27. The van der Waals surface area contributed by atoms with Gasteiger partial charge in [0.25, 0.3) is 0 Å². The van der Waals surface area contributed by atoms with E-state index in [0.29, 0.717) is 5.92 Å². The van der Waals surface area contributed by atoms with Gasteiger partial charge in [-0.05, 0) is 29.4 Å². The Balaban J connectivity index is 2.77. The van der Waals surface area contributed by atoms with Crippen LogP contribution in [0.15, 0.2) is 24.7 Å². The molecule has 0 aliphatic carbocycles. The summed E-state index contributed by atoms with van der Waals surface area (Å²) in [5.74, 6) is 0.508. The van der Waals surface area contributed by atoms with E-state index in [1.54, 1.807) is 0 Å². The van der Waals surface area contributed by atoms with Crippen LogP contribution in [-0.4, -0.2) is 9.97 Å². The Morgan fingerprint density at radius 2 is 2.00 bits per heavy atom. The summed E-state index contributed by atoms with van der Waals surface area (Å²) in [6, 6.07) is 2.09. The van der Waals surface area contributed by atoms with Crippen LogP contribution in [0.3, 0.4) is 0 Å². The van der Waals surface area contributed by atoms with E-state index in [-0.39, 0.29) is 0 Å². The summed E-state index contributed by atoms with van der Waals surface area (Å²) in [5, 5.41) is 2.50. The molecule has 0 fully saturated rings. The monoisotopic (exact) mass is 200 g/mol. The van der Waals surface area contributed by atoms with Crippen molar-refractivity contribution >= 4 is 10.8 Å². The Morgan fingerprint density at radius 1 is 1.20 bits per heavy atom. The quantitative estimate of drug-likeness (QED) is 0.743. The summed E-state index contributed by atoms with van der Waals surface area (Å²) >= 11 is 0. The molecule has 2 nitrogen and oxygen atoms in total. The highest BCUT2D eigenvalue weighted by Crippen LogP contribution is 2.25. The summed E-state index contributed by atoms with van der Waals surface area (Å²) in [7, 11) is 0. The molecule has 78 valence electrons. The van der Waals surface area contributed by atoms with Gasteiger partial charge in [0.05, 0.1) is 0 Å². The first-order valence-electron chi connectivity index (χ1n) is 5.45. The molecule has 0 radical (unpaired) electrons. The predicted molar refractivity (Wildman–Crippen MR) is 63.0 cm³/mol. The molecular weight excluding hydrogens is 184 g/mol. The summed E-state index contributed by atoms with van der Waals surface area (Å²) in [5.41, 5.74) is 2.45. The van der Waals surface area contributed by atoms with Crippen molar-refractivity contribution in [2.45, 2.75) is 33.1 Å². The third kappa shape index (κ3) is 1.72. The lowest BCUT2D eigenvalue weighted by molar-refractivity contribution is 0.863. The fraction of sp³-hybridized carbons (Fsp3) is 0.385. The van der Waals surface area contributed by atoms with E-state index in [0.717, 1.165) is 12.1 Å². The van der Waals surface area contributed by atoms with Gasteiger partial charge in [-0.3, -0.25) is 9.97 Å². The number of aryl methyl sites for hydroxylation is 1. The van der Waals surface area contributed by atoms with Gasteiger partial charge in [-0.2, -0.15) is 0 Å². The maximum absolute atomic E-state index is 4.51. The smallest absolute Gasteiger partial charge is 0.0494 e.